The van der Waals surface area contributed by atoms with Gasteiger partial charge in [0.2, 0.25) is 5.91 Å². The van der Waals surface area contributed by atoms with Crippen LogP contribution in [0.5, 0.6) is 0 Å². The Morgan fingerprint density at radius 1 is 1.15 bits per heavy atom. The van der Waals surface area contributed by atoms with Crippen molar-refractivity contribution in [1.82, 2.24) is 14.7 Å². The minimum absolute atomic E-state index is 0.0913. The first-order valence-electron chi connectivity index (χ1n) is 9.13. The van der Waals surface area contributed by atoms with Crippen molar-refractivity contribution in [3.05, 3.63) is 51.3 Å². The maximum Gasteiger partial charge on any atom is 0.269 e. The Bertz CT molecular complexity index is 836. The van der Waals surface area contributed by atoms with E-state index >= 15 is 0 Å². The molecule has 2 heterocycles. The van der Waals surface area contributed by atoms with Crippen LogP contribution < -0.4 is 4.90 Å². The van der Waals surface area contributed by atoms with Crippen LogP contribution in [-0.2, 0) is 18.3 Å². The zero-order valence-corrected chi connectivity index (χ0v) is 16.0. The van der Waals surface area contributed by atoms with Crippen LogP contribution in [0.1, 0.15) is 23.4 Å². The van der Waals surface area contributed by atoms with Crippen LogP contribution in [0.15, 0.2) is 24.3 Å². The summed E-state index contributed by atoms with van der Waals surface area (Å²) in [5.41, 5.74) is 4.31. The fraction of sp³-hybridized carbons (Fsp3) is 0.474. The van der Waals surface area contributed by atoms with Crippen molar-refractivity contribution in [2.45, 2.75) is 26.7 Å². The Balaban J connectivity index is 1.52. The van der Waals surface area contributed by atoms with Gasteiger partial charge < -0.3 is 9.80 Å². The summed E-state index contributed by atoms with van der Waals surface area (Å²) in [6.45, 7) is 6.81. The van der Waals surface area contributed by atoms with E-state index in [1.54, 1.807) is 12.1 Å². The van der Waals surface area contributed by atoms with Crippen molar-refractivity contribution in [2.75, 3.05) is 31.1 Å². The van der Waals surface area contributed by atoms with E-state index in [1.807, 2.05) is 30.5 Å². The summed E-state index contributed by atoms with van der Waals surface area (Å²) >= 11 is 0. The molecular weight excluding hydrogens is 346 g/mol. The number of piperazine rings is 1. The molecule has 1 aromatic heterocycles. The molecule has 3 rings (SSSR count). The number of aromatic nitrogens is 2. The molecule has 27 heavy (non-hydrogen) atoms. The lowest BCUT2D eigenvalue weighted by molar-refractivity contribution is -0.384. The summed E-state index contributed by atoms with van der Waals surface area (Å²) in [5, 5.41) is 15.2. The molecule has 1 aromatic carbocycles. The molecule has 2 aromatic rings. The second-order valence-electron chi connectivity index (χ2n) is 6.91. The minimum Gasteiger partial charge on any atom is -0.368 e. The minimum atomic E-state index is -0.397. The average molecular weight is 371 g/mol. The van der Waals surface area contributed by atoms with Crippen molar-refractivity contribution in [3.63, 3.8) is 0 Å². The molecule has 0 unspecified atom stereocenters. The van der Waals surface area contributed by atoms with Gasteiger partial charge in [0.25, 0.3) is 5.69 Å². The topological polar surface area (TPSA) is 84.5 Å². The molecule has 0 spiro atoms. The first-order valence-corrected chi connectivity index (χ1v) is 9.13. The standard InChI is InChI=1S/C19H25N5O3/c1-14-18(15(2)21(3)20-14)8-9-19(25)23-12-10-22(11-13-23)16-4-6-17(7-5-16)24(26)27/h4-7H,8-13H2,1-3H3. The fourth-order valence-corrected chi connectivity index (χ4v) is 3.57. The van der Waals surface area contributed by atoms with Gasteiger partial charge in [-0.2, -0.15) is 5.10 Å². The molecule has 1 aliphatic heterocycles. The van der Waals surface area contributed by atoms with Crippen molar-refractivity contribution in [2.24, 2.45) is 7.05 Å². The number of carbonyl (C=O) groups excluding carboxylic acids is 1. The lowest BCUT2D eigenvalue weighted by Gasteiger charge is -2.36. The number of hydrogen-bond acceptors (Lipinski definition) is 5. The molecule has 0 atom stereocenters. The number of aryl methyl sites for hydroxylation is 2. The highest BCUT2D eigenvalue weighted by Gasteiger charge is 2.22. The molecule has 0 N–H and O–H groups in total. The lowest BCUT2D eigenvalue weighted by Crippen LogP contribution is -2.48. The highest BCUT2D eigenvalue weighted by Crippen LogP contribution is 2.21. The SMILES string of the molecule is Cc1nn(C)c(C)c1CCC(=O)N1CCN(c2ccc([N+](=O)[O-])cc2)CC1. The Hall–Kier alpha value is -2.90. The summed E-state index contributed by atoms with van der Waals surface area (Å²) in [6, 6.07) is 6.57. The van der Waals surface area contributed by atoms with E-state index in [9.17, 15) is 14.9 Å². The predicted octanol–water partition coefficient (Wildman–Crippen LogP) is 2.23. The van der Waals surface area contributed by atoms with Crippen LogP contribution in [0.3, 0.4) is 0 Å². The average Bonchev–Trinajstić information content (AvgIpc) is 2.91. The van der Waals surface area contributed by atoms with Crippen LogP contribution in [0, 0.1) is 24.0 Å². The highest BCUT2D eigenvalue weighted by molar-refractivity contribution is 5.77. The number of non-ortho nitro benzene ring substituents is 1. The number of anilines is 1. The fourth-order valence-electron chi connectivity index (χ4n) is 3.57. The van der Waals surface area contributed by atoms with E-state index in [0.29, 0.717) is 25.9 Å². The number of nitro benzene ring substituents is 1. The zero-order valence-electron chi connectivity index (χ0n) is 16.0. The molecule has 0 saturated carbocycles. The molecule has 1 amide bonds. The molecule has 0 radical (unpaired) electrons. The van der Waals surface area contributed by atoms with Crippen LogP contribution in [-0.4, -0.2) is 51.7 Å². The smallest absolute Gasteiger partial charge is 0.269 e. The number of nitro groups is 1. The highest BCUT2D eigenvalue weighted by atomic mass is 16.6. The van der Waals surface area contributed by atoms with Crippen molar-refractivity contribution >= 4 is 17.3 Å². The Kier molecular flexibility index (Phi) is 5.43. The van der Waals surface area contributed by atoms with Crippen molar-refractivity contribution < 1.29 is 9.72 Å². The number of carbonyl (C=O) groups is 1. The largest absolute Gasteiger partial charge is 0.368 e. The van der Waals surface area contributed by atoms with Crippen molar-refractivity contribution in [1.29, 1.82) is 0 Å². The molecule has 8 heteroatoms. The molecule has 8 nitrogen and oxygen atoms in total. The second kappa shape index (κ2) is 7.77. The summed E-state index contributed by atoms with van der Waals surface area (Å²) < 4.78 is 1.86. The van der Waals surface area contributed by atoms with Gasteiger partial charge in [-0.1, -0.05) is 0 Å². The quantitative estimate of drug-likeness (QED) is 0.594. The predicted molar refractivity (Wildman–Crippen MR) is 103 cm³/mol. The Labute approximate surface area is 158 Å². The Morgan fingerprint density at radius 2 is 1.78 bits per heavy atom. The number of rotatable bonds is 5. The molecule has 1 saturated heterocycles. The first kappa shape index (κ1) is 18.9. The van der Waals surface area contributed by atoms with Gasteiger partial charge in [0, 0.05) is 63.2 Å². The second-order valence-corrected chi connectivity index (χ2v) is 6.91. The van der Waals surface area contributed by atoms with E-state index in [4.69, 9.17) is 0 Å². The first-order chi connectivity index (χ1) is 12.9. The molecule has 1 aliphatic rings. The Morgan fingerprint density at radius 3 is 2.30 bits per heavy atom. The molecule has 1 fully saturated rings. The van der Waals surface area contributed by atoms with E-state index < -0.39 is 4.92 Å². The van der Waals surface area contributed by atoms with E-state index in [-0.39, 0.29) is 11.6 Å². The van der Waals surface area contributed by atoms with Gasteiger partial charge in [-0.15, -0.1) is 0 Å². The number of amides is 1. The summed E-state index contributed by atoms with van der Waals surface area (Å²) in [6.07, 6.45) is 1.21. The maximum absolute atomic E-state index is 12.6. The van der Waals surface area contributed by atoms with E-state index in [2.05, 4.69) is 10.00 Å². The molecular formula is C19H25N5O3. The number of benzene rings is 1. The molecule has 144 valence electrons. The van der Waals surface area contributed by atoms with Gasteiger partial charge in [0.15, 0.2) is 0 Å². The van der Waals surface area contributed by atoms with Crippen LogP contribution in [0.4, 0.5) is 11.4 Å². The summed E-state index contributed by atoms with van der Waals surface area (Å²) in [7, 11) is 1.92. The van der Waals surface area contributed by atoms with Gasteiger partial charge in [-0.25, -0.2) is 0 Å². The van der Waals surface area contributed by atoms with Crippen molar-refractivity contribution in [3.8, 4) is 0 Å². The third kappa shape index (κ3) is 4.10. The normalized spacial score (nSPS) is 14.5. The van der Waals surface area contributed by atoms with Gasteiger partial charge >= 0.3 is 0 Å². The summed E-state index contributed by atoms with van der Waals surface area (Å²) in [4.78, 5) is 27.0. The molecule has 0 aliphatic carbocycles. The zero-order chi connectivity index (χ0) is 19.6. The van der Waals surface area contributed by atoms with Gasteiger partial charge in [-0.05, 0) is 38.0 Å². The van der Waals surface area contributed by atoms with Gasteiger partial charge in [0.1, 0.15) is 0 Å². The van der Waals surface area contributed by atoms with Crippen LogP contribution >= 0.6 is 0 Å². The lowest BCUT2D eigenvalue weighted by atomic mass is 10.1. The monoisotopic (exact) mass is 371 g/mol. The summed E-state index contributed by atoms with van der Waals surface area (Å²) in [5.74, 6) is 0.168. The van der Waals surface area contributed by atoms with Gasteiger partial charge in [-0.3, -0.25) is 19.6 Å². The number of nitrogens with zero attached hydrogens (tertiary/aromatic N) is 5. The third-order valence-corrected chi connectivity index (χ3v) is 5.31. The van der Waals surface area contributed by atoms with Crippen LogP contribution in [0.25, 0.3) is 0 Å². The third-order valence-electron chi connectivity index (χ3n) is 5.31. The van der Waals surface area contributed by atoms with E-state index in [0.717, 1.165) is 35.7 Å². The number of hydrogen-bond donors (Lipinski definition) is 0. The van der Waals surface area contributed by atoms with Crippen LogP contribution in [0.2, 0.25) is 0 Å². The van der Waals surface area contributed by atoms with Gasteiger partial charge in [0.05, 0.1) is 10.6 Å². The van der Waals surface area contributed by atoms with E-state index in [1.165, 1.54) is 12.1 Å². The maximum atomic E-state index is 12.6. The molecule has 0 bridgehead atoms.